The lowest BCUT2D eigenvalue weighted by Gasteiger charge is -2.05. The van der Waals surface area contributed by atoms with Crippen LogP contribution < -0.4 is 4.89 Å². The van der Waals surface area contributed by atoms with Gasteiger partial charge in [0.1, 0.15) is 0 Å². The first-order chi connectivity index (χ1) is 6.90. The van der Waals surface area contributed by atoms with E-state index >= 15 is 0 Å². The van der Waals surface area contributed by atoms with Crippen molar-refractivity contribution in [3.8, 4) is 11.8 Å². The second kappa shape index (κ2) is 4.12. The highest BCUT2D eigenvalue weighted by molar-refractivity contribution is 5.38. The first-order valence-corrected chi connectivity index (χ1v) is 4.68. The number of rotatable bonds is 1. The lowest BCUT2D eigenvalue weighted by molar-refractivity contribution is -0.203. The highest BCUT2D eigenvalue weighted by atomic mass is 17.2. The standard InChI is InChI=1S/C11H11NO2/c12-6-5-9-3-4-11-10(8-9)2-1-7-13-14-11/h3-4,8H,1-2,5,7H2. The van der Waals surface area contributed by atoms with E-state index in [0.29, 0.717) is 13.0 Å². The van der Waals surface area contributed by atoms with Crippen molar-refractivity contribution in [1.82, 2.24) is 0 Å². The summed E-state index contributed by atoms with van der Waals surface area (Å²) in [4.78, 5) is 10.1. The number of hydrogen-bond donors (Lipinski definition) is 0. The van der Waals surface area contributed by atoms with E-state index in [1.54, 1.807) is 0 Å². The van der Waals surface area contributed by atoms with Crippen LogP contribution in [0.1, 0.15) is 17.5 Å². The molecule has 0 N–H and O–H groups in total. The Kier molecular flexibility index (Phi) is 2.66. The van der Waals surface area contributed by atoms with Gasteiger partial charge in [0.15, 0.2) is 5.75 Å². The van der Waals surface area contributed by atoms with Crippen LogP contribution in [0.5, 0.6) is 5.75 Å². The topological polar surface area (TPSA) is 42.2 Å². The molecule has 3 nitrogen and oxygen atoms in total. The zero-order chi connectivity index (χ0) is 9.80. The molecule has 0 fully saturated rings. The lowest BCUT2D eigenvalue weighted by Crippen LogP contribution is -1.95. The van der Waals surface area contributed by atoms with Crippen LogP contribution in [0.4, 0.5) is 0 Å². The molecule has 1 aromatic carbocycles. The van der Waals surface area contributed by atoms with Crippen molar-refractivity contribution < 1.29 is 9.78 Å². The van der Waals surface area contributed by atoms with Gasteiger partial charge < -0.3 is 4.89 Å². The lowest BCUT2D eigenvalue weighted by atomic mass is 10.0. The quantitative estimate of drug-likeness (QED) is 0.634. The van der Waals surface area contributed by atoms with Gasteiger partial charge >= 0.3 is 0 Å². The van der Waals surface area contributed by atoms with Gasteiger partial charge in [-0.2, -0.15) is 10.1 Å². The third-order valence-electron chi connectivity index (χ3n) is 2.23. The van der Waals surface area contributed by atoms with E-state index in [9.17, 15) is 0 Å². The molecule has 14 heavy (non-hydrogen) atoms. The predicted octanol–water partition coefficient (Wildman–Crippen LogP) is 2.01. The van der Waals surface area contributed by atoms with E-state index in [-0.39, 0.29) is 0 Å². The smallest absolute Gasteiger partial charge is 0.168 e. The number of benzene rings is 1. The second-order valence-electron chi connectivity index (χ2n) is 3.29. The second-order valence-corrected chi connectivity index (χ2v) is 3.29. The normalized spacial score (nSPS) is 14.8. The fraction of sp³-hybridized carbons (Fsp3) is 0.364. The molecule has 0 bridgehead atoms. The van der Waals surface area contributed by atoms with Crippen LogP contribution in [0.25, 0.3) is 0 Å². The summed E-state index contributed by atoms with van der Waals surface area (Å²) in [5, 5.41) is 8.57. The maximum absolute atomic E-state index is 8.57. The Bertz CT molecular complexity index is 368. The molecule has 0 amide bonds. The molecule has 0 aromatic heterocycles. The minimum atomic E-state index is 0.453. The SMILES string of the molecule is N#CCc1ccc2c(c1)CCCOO2. The highest BCUT2D eigenvalue weighted by Gasteiger charge is 2.10. The van der Waals surface area contributed by atoms with Crippen LogP contribution in [0, 0.1) is 11.3 Å². The van der Waals surface area contributed by atoms with E-state index < -0.39 is 0 Å². The summed E-state index contributed by atoms with van der Waals surface area (Å²) in [6.45, 7) is 0.627. The Labute approximate surface area is 82.8 Å². The Morgan fingerprint density at radius 2 is 2.36 bits per heavy atom. The Balaban J connectivity index is 2.28. The fourth-order valence-electron chi connectivity index (χ4n) is 1.54. The molecule has 1 heterocycles. The minimum absolute atomic E-state index is 0.453. The fourth-order valence-corrected chi connectivity index (χ4v) is 1.54. The molecule has 0 saturated heterocycles. The molecule has 0 radical (unpaired) electrons. The van der Waals surface area contributed by atoms with Crippen molar-refractivity contribution in [3.63, 3.8) is 0 Å². The molecule has 0 saturated carbocycles. The summed E-state index contributed by atoms with van der Waals surface area (Å²) >= 11 is 0. The molecule has 72 valence electrons. The van der Waals surface area contributed by atoms with Gasteiger partial charge in [-0.3, -0.25) is 0 Å². The van der Waals surface area contributed by atoms with Crippen LogP contribution in [0.2, 0.25) is 0 Å². The van der Waals surface area contributed by atoms with Gasteiger partial charge in [0.05, 0.1) is 19.1 Å². The summed E-state index contributed by atoms with van der Waals surface area (Å²) in [7, 11) is 0. The van der Waals surface area contributed by atoms with Crippen molar-refractivity contribution in [2.24, 2.45) is 0 Å². The Morgan fingerprint density at radius 3 is 3.21 bits per heavy atom. The first-order valence-electron chi connectivity index (χ1n) is 4.68. The molecular formula is C11H11NO2. The molecule has 1 aliphatic heterocycles. The molecule has 3 heteroatoms. The zero-order valence-corrected chi connectivity index (χ0v) is 7.82. The summed E-state index contributed by atoms with van der Waals surface area (Å²) in [6.07, 6.45) is 2.37. The van der Waals surface area contributed by atoms with E-state index in [0.717, 1.165) is 29.7 Å². The minimum Gasteiger partial charge on any atom is -0.337 e. The largest absolute Gasteiger partial charge is 0.337 e. The van der Waals surface area contributed by atoms with Crippen molar-refractivity contribution in [2.75, 3.05) is 6.61 Å². The van der Waals surface area contributed by atoms with Crippen molar-refractivity contribution in [3.05, 3.63) is 29.3 Å². The predicted molar refractivity (Wildman–Crippen MR) is 50.7 cm³/mol. The highest BCUT2D eigenvalue weighted by Crippen LogP contribution is 2.24. The van der Waals surface area contributed by atoms with Gasteiger partial charge in [0.2, 0.25) is 0 Å². The monoisotopic (exact) mass is 189 g/mol. The number of hydrogen-bond acceptors (Lipinski definition) is 3. The van der Waals surface area contributed by atoms with Gasteiger partial charge in [0, 0.05) is 0 Å². The number of aryl methyl sites for hydroxylation is 1. The van der Waals surface area contributed by atoms with Gasteiger partial charge in [-0.25, -0.2) is 0 Å². The van der Waals surface area contributed by atoms with E-state index in [1.807, 2.05) is 18.2 Å². The molecule has 0 unspecified atom stereocenters. The van der Waals surface area contributed by atoms with Crippen molar-refractivity contribution >= 4 is 0 Å². The molecule has 1 aromatic rings. The van der Waals surface area contributed by atoms with Crippen LogP contribution in [-0.4, -0.2) is 6.61 Å². The maximum Gasteiger partial charge on any atom is 0.168 e. The van der Waals surface area contributed by atoms with E-state index in [4.69, 9.17) is 15.0 Å². The molecule has 1 aliphatic rings. The molecule has 0 spiro atoms. The average Bonchev–Trinajstić information content (AvgIpc) is 2.42. The molecule has 0 aliphatic carbocycles. The van der Waals surface area contributed by atoms with Crippen LogP contribution in [-0.2, 0) is 17.7 Å². The van der Waals surface area contributed by atoms with Gasteiger partial charge in [-0.1, -0.05) is 12.1 Å². The van der Waals surface area contributed by atoms with Crippen LogP contribution >= 0.6 is 0 Å². The number of nitrogens with zero attached hydrogens (tertiary/aromatic N) is 1. The summed E-state index contributed by atoms with van der Waals surface area (Å²) in [5.41, 5.74) is 2.17. The van der Waals surface area contributed by atoms with Crippen molar-refractivity contribution in [1.29, 1.82) is 5.26 Å². The number of nitriles is 1. The molecular weight excluding hydrogens is 178 g/mol. The Morgan fingerprint density at radius 1 is 1.43 bits per heavy atom. The summed E-state index contributed by atoms with van der Waals surface area (Å²) in [5.74, 6) is 0.782. The number of fused-ring (bicyclic) bond motifs is 1. The van der Waals surface area contributed by atoms with Crippen LogP contribution in [0.3, 0.4) is 0 Å². The molecule has 2 rings (SSSR count). The van der Waals surface area contributed by atoms with Gasteiger partial charge in [0.25, 0.3) is 0 Å². The van der Waals surface area contributed by atoms with Gasteiger partial charge in [-0.05, 0) is 30.0 Å². The average molecular weight is 189 g/mol. The van der Waals surface area contributed by atoms with Crippen molar-refractivity contribution in [2.45, 2.75) is 19.3 Å². The maximum atomic E-state index is 8.57. The zero-order valence-electron chi connectivity index (χ0n) is 7.82. The van der Waals surface area contributed by atoms with E-state index in [2.05, 4.69) is 6.07 Å². The van der Waals surface area contributed by atoms with Gasteiger partial charge in [-0.15, -0.1) is 0 Å². The third-order valence-corrected chi connectivity index (χ3v) is 2.23. The Hall–Kier alpha value is -1.53. The summed E-state index contributed by atoms with van der Waals surface area (Å²) in [6, 6.07) is 7.92. The van der Waals surface area contributed by atoms with E-state index in [1.165, 1.54) is 0 Å². The first kappa shape index (κ1) is 9.04. The summed E-state index contributed by atoms with van der Waals surface area (Å²) < 4.78 is 0. The molecule has 0 atom stereocenters. The van der Waals surface area contributed by atoms with Crippen LogP contribution in [0.15, 0.2) is 18.2 Å². The third kappa shape index (κ3) is 1.86.